The van der Waals surface area contributed by atoms with Gasteiger partial charge in [0, 0.05) is 5.56 Å². The number of hydrogen-bond acceptors (Lipinski definition) is 4. The third-order valence-corrected chi connectivity index (χ3v) is 2.29. The molecule has 1 rings (SSSR count). The molecule has 4 heteroatoms. The molecule has 0 aliphatic rings. The number of carbonyl (C=O) groups excluding carboxylic acids is 2. The fraction of sp³-hybridized carbons (Fsp3) is 0.467. The summed E-state index contributed by atoms with van der Waals surface area (Å²) in [5.41, 5.74) is 0.00420. The minimum absolute atomic E-state index is 0.0460. The highest BCUT2D eigenvalue weighted by Gasteiger charge is 2.23. The van der Waals surface area contributed by atoms with Gasteiger partial charge in [0.15, 0.2) is 11.9 Å². The van der Waals surface area contributed by atoms with Crippen LogP contribution in [0.1, 0.15) is 45.0 Å². The Morgan fingerprint density at radius 2 is 1.84 bits per heavy atom. The zero-order valence-electron chi connectivity index (χ0n) is 12.0. The molecule has 0 bridgehead atoms. The van der Waals surface area contributed by atoms with Gasteiger partial charge >= 0.3 is 5.97 Å². The van der Waals surface area contributed by atoms with E-state index in [9.17, 15) is 9.59 Å². The highest BCUT2D eigenvalue weighted by atomic mass is 16.6. The molecule has 0 aliphatic heterocycles. The number of benzene rings is 1. The van der Waals surface area contributed by atoms with E-state index < -0.39 is 17.7 Å². The van der Waals surface area contributed by atoms with Crippen LogP contribution in [0.3, 0.4) is 0 Å². The number of Topliss-reactive ketones (excluding diaryl/α,β-unsaturated/α-hetero) is 1. The van der Waals surface area contributed by atoms with E-state index in [2.05, 4.69) is 0 Å². The predicted molar refractivity (Wildman–Crippen MR) is 72.4 cm³/mol. The highest BCUT2D eigenvalue weighted by Crippen LogP contribution is 2.17. The van der Waals surface area contributed by atoms with Gasteiger partial charge < -0.3 is 9.47 Å². The van der Waals surface area contributed by atoms with Crippen LogP contribution in [0, 0.1) is 0 Å². The number of rotatable bonds is 4. The minimum atomic E-state index is -0.721. The summed E-state index contributed by atoms with van der Waals surface area (Å²) in [7, 11) is 0. The Balaban J connectivity index is 2.71. The lowest BCUT2D eigenvalue weighted by molar-refractivity contribution is -0.162. The Labute approximate surface area is 113 Å². The Kier molecular flexibility index (Phi) is 4.70. The molecular formula is C15H20O4. The number of ether oxygens (including phenoxy) is 2. The van der Waals surface area contributed by atoms with Crippen molar-refractivity contribution in [3.05, 3.63) is 29.8 Å². The van der Waals surface area contributed by atoms with Gasteiger partial charge in [-0.3, -0.25) is 4.79 Å². The smallest absolute Gasteiger partial charge is 0.347 e. The topological polar surface area (TPSA) is 52.6 Å². The summed E-state index contributed by atoms with van der Waals surface area (Å²) in [4.78, 5) is 23.0. The Hall–Kier alpha value is -1.84. The SMILES string of the molecule is CC(=O)c1cccc(OC(C)C(=O)OC(C)(C)C)c1. The van der Waals surface area contributed by atoms with Gasteiger partial charge in [-0.25, -0.2) is 4.79 Å². The first-order valence-electron chi connectivity index (χ1n) is 6.19. The zero-order valence-corrected chi connectivity index (χ0v) is 12.0. The lowest BCUT2D eigenvalue weighted by atomic mass is 10.1. The van der Waals surface area contributed by atoms with E-state index in [4.69, 9.17) is 9.47 Å². The molecule has 1 unspecified atom stereocenters. The molecule has 104 valence electrons. The molecule has 0 saturated heterocycles. The van der Waals surface area contributed by atoms with E-state index in [0.717, 1.165) is 0 Å². The fourth-order valence-corrected chi connectivity index (χ4v) is 1.43. The van der Waals surface area contributed by atoms with Crippen LogP contribution >= 0.6 is 0 Å². The van der Waals surface area contributed by atoms with Crippen LogP contribution in [-0.2, 0) is 9.53 Å². The van der Waals surface area contributed by atoms with Crippen molar-refractivity contribution in [3.8, 4) is 5.75 Å². The normalized spacial score (nSPS) is 12.7. The van der Waals surface area contributed by atoms with Gasteiger partial charge in [0.2, 0.25) is 0 Å². The van der Waals surface area contributed by atoms with Crippen LogP contribution in [0.4, 0.5) is 0 Å². The van der Waals surface area contributed by atoms with Crippen molar-refractivity contribution in [1.29, 1.82) is 0 Å². The van der Waals surface area contributed by atoms with E-state index in [0.29, 0.717) is 11.3 Å². The third kappa shape index (κ3) is 5.12. The number of carbonyl (C=O) groups is 2. The molecule has 0 aliphatic carbocycles. The number of hydrogen-bond donors (Lipinski definition) is 0. The molecule has 4 nitrogen and oxygen atoms in total. The third-order valence-electron chi connectivity index (χ3n) is 2.29. The van der Waals surface area contributed by atoms with Gasteiger partial charge in [-0.2, -0.15) is 0 Å². The van der Waals surface area contributed by atoms with Crippen molar-refractivity contribution >= 4 is 11.8 Å². The molecule has 1 aromatic rings. The van der Waals surface area contributed by atoms with E-state index >= 15 is 0 Å². The summed E-state index contributed by atoms with van der Waals surface area (Å²) >= 11 is 0. The van der Waals surface area contributed by atoms with Crippen LogP contribution in [-0.4, -0.2) is 23.5 Å². The monoisotopic (exact) mass is 264 g/mol. The second-order valence-corrected chi connectivity index (χ2v) is 5.38. The molecule has 1 atom stereocenters. The van der Waals surface area contributed by atoms with Crippen LogP contribution < -0.4 is 4.74 Å². The second kappa shape index (κ2) is 5.87. The van der Waals surface area contributed by atoms with Crippen molar-refractivity contribution in [2.45, 2.75) is 46.3 Å². The molecule has 1 aromatic carbocycles. The average Bonchev–Trinajstić information content (AvgIpc) is 2.27. The van der Waals surface area contributed by atoms with Crippen LogP contribution in [0.15, 0.2) is 24.3 Å². The van der Waals surface area contributed by atoms with Gasteiger partial charge in [0.05, 0.1) is 0 Å². The maximum Gasteiger partial charge on any atom is 0.347 e. The quantitative estimate of drug-likeness (QED) is 0.619. The summed E-state index contributed by atoms with van der Waals surface area (Å²) in [6.07, 6.45) is -0.721. The molecule has 0 amide bonds. The molecule has 0 spiro atoms. The molecule has 19 heavy (non-hydrogen) atoms. The highest BCUT2D eigenvalue weighted by molar-refractivity contribution is 5.94. The maximum atomic E-state index is 11.8. The van der Waals surface area contributed by atoms with Gasteiger partial charge in [0.25, 0.3) is 0 Å². The van der Waals surface area contributed by atoms with Crippen molar-refractivity contribution in [2.75, 3.05) is 0 Å². The largest absolute Gasteiger partial charge is 0.479 e. The standard InChI is InChI=1S/C15H20O4/c1-10(16)12-7-6-8-13(9-12)18-11(2)14(17)19-15(3,4)5/h6-9,11H,1-5H3. The molecule has 0 saturated carbocycles. The first-order valence-corrected chi connectivity index (χ1v) is 6.19. The number of ketones is 1. The molecular weight excluding hydrogens is 244 g/mol. The lowest BCUT2D eigenvalue weighted by Crippen LogP contribution is -2.33. The lowest BCUT2D eigenvalue weighted by Gasteiger charge is -2.22. The van der Waals surface area contributed by atoms with Gasteiger partial charge in [-0.15, -0.1) is 0 Å². The van der Waals surface area contributed by atoms with Gasteiger partial charge in [-0.1, -0.05) is 12.1 Å². The molecule has 0 N–H and O–H groups in total. The average molecular weight is 264 g/mol. The zero-order chi connectivity index (χ0) is 14.6. The first kappa shape index (κ1) is 15.2. The first-order chi connectivity index (χ1) is 8.69. The van der Waals surface area contributed by atoms with Crippen LogP contribution in [0.2, 0.25) is 0 Å². The van der Waals surface area contributed by atoms with E-state index in [1.807, 2.05) is 0 Å². The summed E-state index contributed by atoms with van der Waals surface area (Å²) in [6, 6.07) is 6.73. The predicted octanol–water partition coefficient (Wildman–Crippen LogP) is 3.00. The Morgan fingerprint density at radius 1 is 1.21 bits per heavy atom. The molecule has 0 fully saturated rings. The Morgan fingerprint density at radius 3 is 2.37 bits per heavy atom. The molecule has 0 radical (unpaired) electrons. The van der Waals surface area contributed by atoms with E-state index in [1.165, 1.54) is 6.92 Å². The van der Waals surface area contributed by atoms with E-state index in [-0.39, 0.29) is 5.78 Å². The van der Waals surface area contributed by atoms with Crippen molar-refractivity contribution in [3.63, 3.8) is 0 Å². The van der Waals surface area contributed by atoms with Crippen molar-refractivity contribution in [1.82, 2.24) is 0 Å². The second-order valence-electron chi connectivity index (χ2n) is 5.38. The summed E-state index contributed by atoms with van der Waals surface area (Å²) in [6.45, 7) is 8.50. The van der Waals surface area contributed by atoms with Gasteiger partial charge in [0.1, 0.15) is 11.4 Å². The molecule has 0 aromatic heterocycles. The summed E-state index contributed by atoms with van der Waals surface area (Å²) in [5, 5.41) is 0. The van der Waals surface area contributed by atoms with Crippen molar-refractivity contribution < 1.29 is 19.1 Å². The minimum Gasteiger partial charge on any atom is -0.479 e. The van der Waals surface area contributed by atoms with Crippen molar-refractivity contribution in [2.24, 2.45) is 0 Å². The Bertz CT molecular complexity index is 471. The maximum absolute atomic E-state index is 11.8. The summed E-state index contributed by atoms with van der Waals surface area (Å²) in [5.74, 6) is 0.00200. The molecule has 0 heterocycles. The summed E-state index contributed by atoms with van der Waals surface area (Å²) < 4.78 is 10.7. The van der Waals surface area contributed by atoms with E-state index in [1.54, 1.807) is 52.0 Å². The van der Waals surface area contributed by atoms with Crippen LogP contribution in [0.5, 0.6) is 5.75 Å². The fourth-order valence-electron chi connectivity index (χ4n) is 1.43. The van der Waals surface area contributed by atoms with Gasteiger partial charge in [-0.05, 0) is 46.8 Å². The number of esters is 1. The van der Waals surface area contributed by atoms with Crippen LogP contribution in [0.25, 0.3) is 0 Å².